The van der Waals surface area contributed by atoms with Crippen LogP contribution >= 0.6 is 0 Å². The van der Waals surface area contributed by atoms with Gasteiger partial charge >= 0.3 is 0 Å². The van der Waals surface area contributed by atoms with Gasteiger partial charge in [-0.3, -0.25) is 0 Å². The van der Waals surface area contributed by atoms with Gasteiger partial charge in [0.15, 0.2) is 9.84 Å². The van der Waals surface area contributed by atoms with Gasteiger partial charge in [0.2, 0.25) is 0 Å². The zero-order chi connectivity index (χ0) is 26.4. The van der Waals surface area contributed by atoms with Gasteiger partial charge in [0.25, 0.3) is 0 Å². The summed E-state index contributed by atoms with van der Waals surface area (Å²) in [4.78, 5) is 2.70. The number of hydrogen-bond acceptors (Lipinski definition) is 4. The second-order valence-corrected chi connectivity index (χ2v) is 12.5. The van der Waals surface area contributed by atoms with Gasteiger partial charge in [0.05, 0.1) is 16.7 Å². The maximum absolute atomic E-state index is 13.3. The Morgan fingerprint density at radius 3 is 2.00 bits per heavy atom. The van der Waals surface area contributed by atoms with Crippen molar-refractivity contribution in [3.8, 4) is 22.6 Å². The predicted octanol–water partition coefficient (Wildman–Crippen LogP) is 7.68. The molecule has 0 N–H and O–H groups in total. The Morgan fingerprint density at radius 2 is 1.31 bits per heavy atom. The summed E-state index contributed by atoms with van der Waals surface area (Å²) >= 11 is 0. The minimum Gasteiger partial charge on any atom is -0.455 e. The summed E-state index contributed by atoms with van der Waals surface area (Å²) in [5.74, 6) is 2.14. The minimum absolute atomic E-state index is 0.00791. The lowest BCUT2D eigenvalue weighted by atomic mass is 9.77. The van der Waals surface area contributed by atoms with Crippen LogP contribution in [0.5, 0.6) is 0 Å². The van der Waals surface area contributed by atoms with E-state index in [1.165, 1.54) is 16.7 Å². The summed E-state index contributed by atoms with van der Waals surface area (Å²) in [5.41, 5.74) is 6.99. The van der Waals surface area contributed by atoms with Crippen LogP contribution in [0.25, 0.3) is 22.6 Å². The minimum atomic E-state index is -3.43. The highest BCUT2D eigenvalue weighted by atomic mass is 32.2. The van der Waals surface area contributed by atoms with Crippen molar-refractivity contribution in [2.45, 2.75) is 29.7 Å². The Bertz CT molecular complexity index is 1730. The van der Waals surface area contributed by atoms with E-state index in [2.05, 4.69) is 53.4 Å². The third-order valence-corrected chi connectivity index (χ3v) is 9.90. The molecular formula is C34H29NO3S. The van der Waals surface area contributed by atoms with Gasteiger partial charge in [0, 0.05) is 40.4 Å². The van der Waals surface area contributed by atoms with Crippen LogP contribution < -0.4 is 4.90 Å². The molecule has 5 heteroatoms. The van der Waals surface area contributed by atoms with Gasteiger partial charge in [-0.25, -0.2) is 8.42 Å². The monoisotopic (exact) mass is 531 g/mol. The first-order valence-corrected chi connectivity index (χ1v) is 15.2. The molecule has 0 unspecified atom stereocenters. The quantitative estimate of drug-likeness (QED) is 0.226. The summed E-state index contributed by atoms with van der Waals surface area (Å²) in [6.45, 7) is 0.412. The molecule has 0 fully saturated rings. The normalized spacial score (nSPS) is 17.9. The van der Waals surface area contributed by atoms with Gasteiger partial charge in [0.1, 0.15) is 11.5 Å². The second kappa shape index (κ2) is 9.58. The molecule has 1 aromatic heterocycles. The topological polar surface area (TPSA) is 50.5 Å². The molecule has 39 heavy (non-hydrogen) atoms. The third-order valence-electron chi connectivity index (χ3n) is 8.19. The number of benzene rings is 4. The lowest BCUT2D eigenvalue weighted by molar-refractivity contribution is 0.490. The van der Waals surface area contributed by atoms with Crippen LogP contribution in [-0.4, -0.2) is 20.7 Å². The zero-order valence-corrected chi connectivity index (χ0v) is 22.3. The Morgan fingerprint density at radius 1 is 0.718 bits per heavy atom. The van der Waals surface area contributed by atoms with Gasteiger partial charge in [-0.15, -0.1) is 0 Å². The zero-order valence-electron chi connectivity index (χ0n) is 21.5. The molecule has 4 nitrogen and oxygen atoms in total. The van der Waals surface area contributed by atoms with E-state index in [0.29, 0.717) is 11.4 Å². The van der Waals surface area contributed by atoms with Crippen molar-refractivity contribution in [2.24, 2.45) is 0 Å². The van der Waals surface area contributed by atoms with Crippen LogP contribution in [0.2, 0.25) is 0 Å². The second-order valence-electron chi connectivity index (χ2n) is 10.4. The van der Waals surface area contributed by atoms with E-state index in [1.807, 2.05) is 42.5 Å². The number of rotatable bonds is 6. The van der Waals surface area contributed by atoms with E-state index >= 15 is 0 Å². The molecule has 4 aromatic carbocycles. The molecule has 0 saturated heterocycles. The number of anilines is 1. The molecule has 0 amide bonds. The molecule has 0 bridgehead atoms. The first-order chi connectivity index (χ1) is 19.1. The largest absolute Gasteiger partial charge is 0.455 e. The van der Waals surface area contributed by atoms with Crippen LogP contribution in [0.1, 0.15) is 35.1 Å². The van der Waals surface area contributed by atoms with Crippen LogP contribution in [0.4, 0.5) is 5.69 Å². The van der Waals surface area contributed by atoms with E-state index in [9.17, 15) is 8.42 Å². The van der Waals surface area contributed by atoms with Gasteiger partial charge in [-0.2, -0.15) is 0 Å². The van der Waals surface area contributed by atoms with E-state index in [0.717, 1.165) is 41.2 Å². The van der Waals surface area contributed by atoms with Crippen LogP contribution in [-0.2, 0) is 16.3 Å². The standard InChI is InChI=1S/C34H29NO3S/c36-39(37,26-16-8-3-9-17-26)23-22-35-30-19-11-10-18-27(30)28-20-21-29-31(32(28)35)34(25-14-6-2-7-15-25)38-33(29)24-12-4-1-5-13-24/h1-19,28,32H,20-23H2/t28-,32+/m1/s1. The number of nitrogens with zero attached hydrogens (tertiary/aromatic N) is 1. The fraction of sp³-hybridized carbons (Fsp3) is 0.176. The highest BCUT2D eigenvalue weighted by Crippen LogP contribution is 2.58. The molecule has 0 spiro atoms. The predicted molar refractivity (Wildman–Crippen MR) is 156 cm³/mol. The van der Waals surface area contributed by atoms with Crippen molar-refractivity contribution in [2.75, 3.05) is 17.2 Å². The molecule has 0 radical (unpaired) electrons. The van der Waals surface area contributed by atoms with E-state index in [4.69, 9.17) is 4.42 Å². The fourth-order valence-electron chi connectivity index (χ4n) is 6.46. The number of hydrogen-bond donors (Lipinski definition) is 0. The van der Waals surface area contributed by atoms with Gasteiger partial charge in [-0.1, -0.05) is 97.1 Å². The van der Waals surface area contributed by atoms with Gasteiger partial charge in [-0.05, 0) is 36.6 Å². The average molecular weight is 532 g/mol. The van der Waals surface area contributed by atoms with Gasteiger partial charge < -0.3 is 9.32 Å². The Hall–Kier alpha value is -4.09. The summed E-state index contributed by atoms with van der Waals surface area (Å²) in [6.07, 6.45) is 1.91. The molecule has 2 aliphatic rings. The van der Waals surface area contributed by atoms with E-state index in [-0.39, 0.29) is 17.7 Å². The van der Waals surface area contributed by atoms with Crippen molar-refractivity contribution in [3.63, 3.8) is 0 Å². The Kier molecular flexibility index (Phi) is 5.89. The van der Waals surface area contributed by atoms with Crippen molar-refractivity contribution in [3.05, 3.63) is 132 Å². The smallest absolute Gasteiger partial charge is 0.180 e. The molecule has 1 aliphatic heterocycles. The fourth-order valence-corrected chi connectivity index (χ4v) is 7.70. The lowest BCUT2D eigenvalue weighted by Gasteiger charge is -2.34. The number of para-hydroxylation sites is 1. The molecule has 0 saturated carbocycles. The highest BCUT2D eigenvalue weighted by molar-refractivity contribution is 7.91. The molecule has 194 valence electrons. The van der Waals surface area contributed by atoms with E-state index in [1.54, 1.807) is 24.3 Å². The van der Waals surface area contributed by atoms with Crippen LogP contribution in [0.3, 0.4) is 0 Å². The number of furan rings is 1. The highest BCUT2D eigenvalue weighted by Gasteiger charge is 2.46. The average Bonchev–Trinajstić information content (AvgIpc) is 3.54. The first kappa shape index (κ1) is 24.0. The molecule has 2 heterocycles. The summed E-state index contributed by atoms with van der Waals surface area (Å²) in [5, 5.41) is 0. The lowest BCUT2D eigenvalue weighted by Crippen LogP contribution is -2.34. The first-order valence-electron chi connectivity index (χ1n) is 13.5. The Balaban J connectivity index is 1.37. The maximum Gasteiger partial charge on any atom is 0.180 e. The molecule has 2 atom stereocenters. The third kappa shape index (κ3) is 4.09. The maximum atomic E-state index is 13.3. The molecule has 7 rings (SSSR count). The summed E-state index contributed by atoms with van der Waals surface area (Å²) in [6, 6.07) is 37.9. The summed E-state index contributed by atoms with van der Waals surface area (Å²) in [7, 11) is -3.43. The van der Waals surface area contributed by atoms with Crippen molar-refractivity contribution >= 4 is 15.5 Å². The van der Waals surface area contributed by atoms with Crippen molar-refractivity contribution in [1.82, 2.24) is 0 Å². The van der Waals surface area contributed by atoms with Crippen molar-refractivity contribution in [1.29, 1.82) is 0 Å². The molecular weight excluding hydrogens is 502 g/mol. The number of sulfone groups is 1. The molecule has 5 aromatic rings. The van der Waals surface area contributed by atoms with E-state index < -0.39 is 9.84 Å². The Labute approximate surface area is 229 Å². The van der Waals surface area contributed by atoms with Crippen LogP contribution in [0, 0.1) is 0 Å². The van der Waals surface area contributed by atoms with Crippen molar-refractivity contribution < 1.29 is 12.8 Å². The number of fused-ring (bicyclic) bond motifs is 5. The van der Waals surface area contributed by atoms with Crippen LogP contribution in [0.15, 0.2) is 125 Å². The SMILES string of the molecule is O=S(=O)(CCN1c2ccccc2[C@H]2CCc3c(-c4ccccc4)oc(-c4ccccc4)c3[C@H]21)c1ccccc1. The molecule has 1 aliphatic carbocycles. The summed E-state index contributed by atoms with van der Waals surface area (Å²) < 4.78 is 33.4.